The van der Waals surface area contributed by atoms with Crippen LogP contribution in [0.1, 0.15) is 30.5 Å². The van der Waals surface area contributed by atoms with Crippen LogP contribution in [-0.2, 0) is 11.0 Å². The molecule has 1 rings (SSSR count). The quantitative estimate of drug-likeness (QED) is 0.840. The molecule has 0 heterocycles. The van der Waals surface area contributed by atoms with Crippen LogP contribution in [0.4, 0.5) is 13.2 Å². The maximum absolute atomic E-state index is 12.5. The number of hydrogen-bond donors (Lipinski definition) is 1. The summed E-state index contributed by atoms with van der Waals surface area (Å²) >= 11 is 5.40. The zero-order chi connectivity index (χ0) is 13.8. The SMILES string of the molecule is CC(NC(=O)CCCl)c1cccc(C(F)(F)F)c1. The molecule has 0 saturated heterocycles. The molecule has 0 aliphatic rings. The molecule has 0 bridgehead atoms. The van der Waals surface area contributed by atoms with E-state index in [1.807, 2.05) is 0 Å². The molecule has 1 aromatic rings. The smallest absolute Gasteiger partial charge is 0.350 e. The lowest BCUT2D eigenvalue weighted by Crippen LogP contribution is -2.26. The first-order chi connectivity index (χ1) is 8.34. The van der Waals surface area contributed by atoms with Gasteiger partial charge in [-0.05, 0) is 24.6 Å². The Morgan fingerprint density at radius 1 is 1.44 bits per heavy atom. The van der Waals surface area contributed by atoms with Gasteiger partial charge in [0.1, 0.15) is 0 Å². The van der Waals surface area contributed by atoms with Gasteiger partial charge in [-0.1, -0.05) is 12.1 Å². The van der Waals surface area contributed by atoms with Crippen molar-refractivity contribution < 1.29 is 18.0 Å². The van der Waals surface area contributed by atoms with Crippen LogP contribution in [0, 0.1) is 0 Å². The molecule has 0 radical (unpaired) electrons. The third-order valence-electron chi connectivity index (χ3n) is 2.41. The predicted octanol–water partition coefficient (Wildman–Crippen LogP) is 3.51. The van der Waals surface area contributed by atoms with Crippen LogP contribution in [-0.4, -0.2) is 11.8 Å². The summed E-state index contributed by atoms with van der Waals surface area (Å²) in [5.74, 6) is -0.101. The van der Waals surface area contributed by atoms with Gasteiger partial charge in [0.25, 0.3) is 0 Å². The average Bonchev–Trinajstić information content (AvgIpc) is 2.28. The standard InChI is InChI=1S/C12H13ClF3NO/c1-8(17-11(18)5-6-13)9-3-2-4-10(7-9)12(14,15)16/h2-4,7-8H,5-6H2,1H3,(H,17,18). The van der Waals surface area contributed by atoms with Crippen LogP contribution in [0.25, 0.3) is 0 Å². The summed E-state index contributed by atoms with van der Waals surface area (Å²) < 4.78 is 37.5. The maximum Gasteiger partial charge on any atom is 0.416 e. The van der Waals surface area contributed by atoms with E-state index in [1.165, 1.54) is 6.07 Å². The highest BCUT2D eigenvalue weighted by atomic mass is 35.5. The molecule has 1 amide bonds. The second-order valence-electron chi connectivity index (χ2n) is 3.85. The van der Waals surface area contributed by atoms with Crippen LogP contribution >= 0.6 is 11.6 Å². The van der Waals surface area contributed by atoms with Crippen molar-refractivity contribution in [3.63, 3.8) is 0 Å². The predicted molar refractivity (Wildman–Crippen MR) is 63.3 cm³/mol. The molecule has 0 saturated carbocycles. The lowest BCUT2D eigenvalue weighted by atomic mass is 10.0. The van der Waals surface area contributed by atoms with Gasteiger partial charge in [0, 0.05) is 12.3 Å². The summed E-state index contributed by atoms with van der Waals surface area (Å²) in [5, 5.41) is 2.59. The summed E-state index contributed by atoms with van der Waals surface area (Å²) in [5.41, 5.74) is -0.314. The van der Waals surface area contributed by atoms with Gasteiger partial charge in [-0.3, -0.25) is 4.79 Å². The van der Waals surface area contributed by atoms with Crippen molar-refractivity contribution >= 4 is 17.5 Å². The van der Waals surface area contributed by atoms with Crippen LogP contribution in [0.15, 0.2) is 24.3 Å². The number of alkyl halides is 4. The Morgan fingerprint density at radius 3 is 2.67 bits per heavy atom. The van der Waals surface area contributed by atoms with Gasteiger partial charge < -0.3 is 5.32 Å². The fourth-order valence-electron chi connectivity index (χ4n) is 1.47. The van der Waals surface area contributed by atoms with E-state index in [4.69, 9.17) is 11.6 Å². The molecule has 0 fully saturated rings. The number of halogens is 4. The minimum atomic E-state index is -4.38. The van der Waals surface area contributed by atoms with Crippen molar-refractivity contribution in [2.45, 2.75) is 25.6 Å². The molecule has 1 aromatic carbocycles. The molecule has 2 nitrogen and oxygen atoms in total. The first kappa shape index (κ1) is 14.8. The highest BCUT2D eigenvalue weighted by Crippen LogP contribution is 2.30. The van der Waals surface area contributed by atoms with Crippen LogP contribution in [0.2, 0.25) is 0 Å². The van der Waals surface area contributed by atoms with E-state index >= 15 is 0 Å². The number of nitrogens with one attached hydrogen (secondary N) is 1. The monoisotopic (exact) mass is 279 g/mol. The molecule has 1 N–H and O–H groups in total. The molecular formula is C12H13ClF3NO. The molecule has 0 aliphatic carbocycles. The van der Waals surface area contributed by atoms with Gasteiger partial charge in [0.2, 0.25) is 5.91 Å². The number of rotatable bonds is 4. The van der Waals surface area contributed by atoms with Crippen LogP contribution in [0.3, 0.4) is 0 Å². The van der Waals surface area contributed by atoms with Crippen LogP contribution < -0.4 is 5.32 Å². The zero-order valence-corrected chi connectivity index (χ0v) is 10.5. The Morgan fingerprint density at radius 2 is 2.11 bits per heavy atom. The van der Waals surface area contributed by atoms with Crippen molar-refractivity contribution in [3.05, 3.63) is 35.4 Å². The van der Waals surface area contributed by atoms with Crippen LogP contribution in [0.5, 0.6) is 0 Å². The second kappa shape index (κ2) is 6.09. The van der Waals surface area contributed by atoms with Crippen molar-refractivity contribution in [2.24, 2.45) is 0 Å². The third kappa shape index (κ3) is 4.22. The molecule has 6 heteroatoms. The van der Waals surface area contributed by atoms with E-state index in [0.29, 0.717) is 5.56 Å². The average molecular weight is 280 g/mol. The minimum absolute atomic E-state index is 0.144. The molecule has 18 heavy (non-hydrogen) atoms. The lowest BCUT2D eigenvalue weighted by Gasteiger charge is -2.15. The number of amides is 1. The molecule has 0 aliphatic heterocycles. The Balaban J connectivity index is 2.80. The van der Waals surface area contributed by atoms with E-state index in [-0.39, 0.29) is 18.2 Å². The lowest BCUT2D eigenvalue weighted by molar-refractivity contribution is -0.137. The van der Waals surface area contributed by atoms with E-state index in [2.05, 4.69) is 5.32 Å². The fourth-order valence-corrected chi connectivity index (χ4v) is 1.64. The zero-order valence-electron chi connectivity index (χ0n) is 9.72. The number of hydrogen-bond acceptors (Lipinski definition) is 1. The summed E-state index contributed by atoms with van der Waals surface area (Å²) in [6.07, 6.45) is -4.24. The van der Waals surface area contributed by atoms with E-state index in [9.17, 15) is 18.0 Å². The van der Waals surface area contributed by atoms with Crippen molar-refractivity contribution in [1.29, 1.82) is 0 Å². The topological polar surface area (TPSA) is 29.1 Å². The highest BCUT2D eigenvalue weighted by Gasteiger charge is 2.30. The first-order valence-electron chi connectivity index (χ1n) is 5.37. The maximum atomic E-state index is 12.5. The summed E-state index contributed by atoms with van der Waals surface area (Å²) in [6.45, 7) is 1.63. The van der Waals surface area contributed by atoms with Gasteiger partial charge in [-0.2, -0.15) is 13.2 Å². The molecule has 0 aromatic heterocycles. The van der Waals surface area contributed by atoms with E-state index in [0.717, 1.165) is 12.1 Å². The second-order valence-corrected chi connectivity index (χ2v) is 4.23. The molecular weight excluding hydrogens is 267 g/mol. The van der Waals surface area contributed by atoms with Gasteiger partial charge in [-0.15, -0.1) is 11.6 Å². The Kier molecular flexibility index (Phi) is 5.02. The Bertz CT molecular complexity index is 420. The molecule has 1 atom stereocenters. The summed E-state index contributed by atoms with van der Waals surface area (Å²) in [6, 6.07) is 4.41. The van der Waals surface area contributed by atoms with Crippen molar-refractivity contribution in [3.8, 4) is 0 Å². The highest BCUT2D eigenvalue weighted by molar-refractivity contribution is 6.18. The number of carbonyl (C=O) groups excluding carboxylic acids is 1. The van der Waals surface area contributed by atoms with E-state index < -0.39 is 17.8 Å². The number of benzene rings is 1. The van der Waals surface area contributed by atoms with Crippen molar-refractivity contribution in [1.82, 2.24) is 5.32 Å². The van der Waals surface area contributed by atoms with Gasteiger partial charge >= 0.3 is 6.18 Å². The summed E-state index contributed by atoms with van der Waals surface area (Å²) in [7, 11) is 0. The van der Waals surface area contributed by atoms with Gasteiger partial charge in [-0.25, -0.2) is 0 Å². The number of carbonyl (C=O) groups is 1. The molecule has 1 unspecified atom stereocenters. The molecule has 100 valence electrons. The molecule has 0 spiro atoms. The van der Waals surface area contributed by atoms with Gasteiger partial charge in [0.05, 0.1) is 11.6 Å². The largest absolute Gasteiger partial charge is 0.416 e. The Labute approximate surface area is 108 Å². The fraction of sp³-hybridized carbons (Fsp3) is 0.417. The summed E-state index contributed by atoms with van der Waals surface area (Å²) in [4.78, 5) is 11.3. The van der Waals surface area contributed by atoms with E-state index in [1.54, 1.807) is 13.0 Å². The normalized spacial score (nSPS) is 13.2. The Hall–Kier alpha value is -1.23. The minimum Gasteiger partial charge on any atom is -0.350 e. The van der Waals surface area contributed by atoms with Crippen molar-refractivity contribution in [2.75, 3.05) is 5.88 Å². The third-order valence-corrected chi connectivity index (χ3v) is 2.60. The van der Waals surface area contributed by atoms with Gasteiger partial charge in [0.15, 0.2) is 0 Å². The first-order valence-corrected chi connectivity index (χ1v) is 5.90.